The first-order chi connectivity index (χ1) is 14.9. The quantitative estimate of drug-likeness (QED) is 0.516. The van der Waals surface area contributed by atoms with E-state index < -0.39 is 29.7 Å². The van der Waals surface area contributed by atoms with E-state index in [-0.39, 0.29) is 42.0 Å². The van der Waals surface area contributed by atoms with Crippen LogP contribution in [-0.2, 0) is 20.9 Å². The van der Waals surface area contributed by atoms with Crippen LogP contribution in [0.25, 0.3) is 0 Å². The van der Waals surface area contributed by atoms with Crippen molar-refractivity contribution in [2.45, 2.75) is 43.9 Å². The van der Waals surface area contributed by atoms with Crippen LogP contribution in [0.15, 0.2) is 18.2 Å². The average molecular weight is 425 g/mol. The van der Waals surface area contributed by atoms with E-state index in [4.69, 9.17) is 0 Å². The summed E-state index contributed by atoms with van der Waals surface area (Å²) in [5.74, 6) is -2.01. The van der Waals surface area contributed by atoms with Crippen molar-refractivity contribution in [3.05, 3.63) is 34.9 Å². The van der Waals surface area contributed by atoms with E-state index in [9.17, 15) is 24.0 Å². The van der Waals surface area contributed by atoms with Crippen LogP contribution in [0.3, 0.4) is 0 Å². The van der Waals surface area contributed by atoms with Crippen molar-refractivity contribution in [2.24, 2.45) is 0 Å². The Morgan fingerprint density at radius 1 is 0.935 bits per heavy atom. The van der Waals surface area contributed by atoms with Crippen LogP contribution in [0.2, 0.25) is 0 Å². The number of likely N-dealkylation sites (tertiary alicyclic amines) is 1. The summed E-state index contributed by atoms with van der Waals surface area (Å²) in [4.78, 5) is 64.2. The first-order valence-corrected chi connectivity index (χ1v) is 10.5. The Hall–Kier alpha value is -3.11. The molecule has 4 heterocycles. The number of carbonyl (C=O) groups excluding carboxylic acids is 5. The number of fused-ring (bicyclic) bond motifs is 2. The maximum Gasteiger partial charge on any atom is 0.262 e. The minimum Gasteiger partial charge on any atom is -0.349 e. The fourth-order valence-electron chi connectivity index (χ4n) is 4.91. The van der Waals surface area contributed by atoms with E-state index >= 15 is 0 Å². The van der Waals surface area contributed by atoms with Crippen molar-refractivity contribution in [2.75, 3.05) is 19.6 Å². The molecule has 31 heavy (non-hydrogen) atoms. The van der Waals surface area contributed by atoms with Gasteiger partial charge in [-0.1, -0.05) is 6.07 Å². The van der Waals surface area contributed by atoms with Crippen molar-refractivity contribution in [1.82, 2.24) is 25.8 Å². The molecule has 1 aromatic carbocycles. The molecule has 10 heteroatoms. The van der Waals surface area contributed by atoms with Gasteiger partial charge in [-0.2, -0.15) is 0 Å². The van der Waals surface area contributed by atoms with Gasteiger partial charge in [0.05, 0.1) is 23.7 Å². The molecular formula is C21H23N5O5. The molecule has 0 saturated carbocycles. The normalized spacial score (nSPS) is 28.8. The largest absolute Gasteiger partial charge is 0.349 e. The lowest BCUT2D eigenvalue weighted by atomic mass is 9.96. The number of nitrogens with zero attached hydrogens (tertiary/aromatic N) is 2. The molecule has 3 fully saturated rings. The molecule has 0 aromatic heterocycles. The van der Waals surface area contributed by atoms with E-state index in [0.717, 1.165) is 23.4 Å². The molecule has 3 N–H and O–H groups in total. The van der Waals surface area contributed by atoms with Crippen molar-refractivity contribution in [3.63, 3.8) is 0 Å². The molecule has 10 nitrogen and oxygen atoms in total. The molecule has 3 saturated heterocycles. The highest BCUT2D eigenvalue weighted by molar-refractivity contribution is 6.23. The Morgan fingerprint density at radius 3 is 2.55 bits per heavy atom. The lowest BCUT2D eigenvalue weighted by Crippen LogP contribution is -2.65. The van der Waals surface area contributed by atoms with E-state index in [1.54, 1.807) is 12.1 Å². The molecular weight excluding hydrogens is 402 g/mol. The van der Waals surface area contributed by atoms with Crippen LogP contribution in [0, 0.1) is 0 Å². The number of amides is 5. The first-order valence-electron chi connectivity index (χ1n) is 10.5. The number of piperidine rings is 2. The van der Waals surface area contributed by atoms with Gasteiger partial charge in [-0.15, -0.1) is 0 Å². The Morgan fingerprint density at radius 2 is 1.74 bits per heavy atom. The number of nitrogens with one attached hydrogen (secondary N) is 3. The van der Waals surface area contributed by atoms with Gasteiger partial charge in [0, 0.05) is 32.1 Å². The first kappa shape index (κ1) is 19.8. The van der Waals surface area contributed by atoms with Gasteiger partial charge in [-0.3, -0.25) is 39.1 Å². The lowest BCUT2D eigenvalue weighted by molar-refractivity contribution is -0.136. The molecule has 162 valence electrons. The SMILES string of the molecule is O=C1CCC(N2C(=O)c3ccc(CN4CC[C@@H]5NCC(=O)N[C@@H]5C4)cc3C2=O)C(=O)N1. The Bertz CT molecular complexity index is 1010. The topological polar surface area (TPSA) is 128 Å². The number of rotatable bonds is 3. The third-order valence-corrected chi connectivity index (χ3v) is 6.48. The second-order valence-electron chi connectivity index (χ2n) is 8.51. The highest BCUT2D eigenvalue weighted by atomic mass is 16.2. The van der Waals surface area contributed by atoms with Crippen molar-refractivity contribution in [1.29, 1.82) is 0 Å². The van der Waals surface area contributed by atoms with E-state index in [1.807, 2.05) is 6.07 Å². The highest BCUT2D eigenvalue weighted by Crippen LogP contribution is 2.29. The summed E-state index contributed by atoms with van der Waals surface area (Å²) in [7, 11) is 0. The highest BCUT2D eigenvalue weighted by Gasteiger charge is 2.44. The third-order valence-electron chi connectivity index (χ3n) is 6.48. The monoisotopic (exact) mass is 425 g/mol. The second-order valence-corrected chi connectivity index (χ2v) is 8.51. The number of hydrogen-bond acceptors (Lipinski definition) is 7. The van der Waals surface area contributed by atoms with Crippen LogP contribution in [0.5, 0.6) is 0 Å². The van der Waals surface area contributed by atoms with E-state index in [2.05, 4.69) is 20.9 Å². The maximum atomic E-state index is 13.0. The van der Waals surface area contributed by atoms with Gasteiger partial charge < -0.3 is 10.6 Å². The van der Waals surface area contributed by atoms with Gasteiger partial charge in [0.15, 0.2) is 0 Å². The summed E-state index contributed by atoms with van der Waals surface area (Å²) in [6.45, 7) is 2.50. The molecule has 3 atom stereocenters. The van der Waals surface area contributed by atoms with Crippen molar-refractivity contribution < 1.29 is 24.0 Å². The van der Waals surface area contributed by atoms with Gasteiger partial charge in [0.25, 0.3) is 11.8 Å². The summed E-state index contributed by atoms with van der Waals surface area (Å²) < 4.78 is 0. The second kappa shape index (κ2) is 7.54. The zero-order chi connectivity index (χ0) is 21.7. The zero-order valence-electron chi connectivity index (χ0n) is 16.8. The summed E-state index contributed by atoms with van der Waals surface area (Å²) >= 11 is 0. The Balaban J connectivity index is 1.31. The maximum absolute atomic E-state index is 13.0. The number of imide groups is 2. The molecule has 1 aromatic rings. The van der Waals surface area contributed by atoms with Crippen LogP contribution in [0.1, 0.15) is 45.5 Å². The van der Waals surface area contributed by atoms with Gasteiger partial charge in [-0.05, 0) is 30.5 Å². The van der Waals surface area contributed by atoms with E-state index in [1.165, 1.54) is 0 Å². The summed E-state index contributed by atoms with van der Waals surface area (Å²) in [6.07, 6.45) is 1.15. The number of carbonyl (C=O) groups is 5. The fourth-order valence-corrected chi connectivity index (χ4v) is 4.91. The summed E-state index contributed by atoms with van der Waals surface area (Å²) in [5, 5.41) is 8.49. The van der Waals surface area contributed by atoms with Gasteiger partial charge in [0.1, 0.15) is 6.04 Å². The molecule has 1 unspecified atom stereocenters. The van der Waals surface area contributed by atoms with Gasteiger partial charge in [-0.25, -0.2) is 0 Å². The number of piperazine rings is 1. The van der Waals surface area contributed by atoms with Crippen LogP contribution in [-0.4, -0.2) is 77.1 Å². The van der Waals surface area contributed by atoms with Crippen LogP contribution < -0.4 is 16.0 Å². The minimum atomic E-state index is -0.963. The van der Waals surface area contributed by atoms with Crippen molar-refractivity contribution in [3.8, 4) is 0 Å². The standard InChI is InChI=1S/C21H23N5O5/c27-17-4-3-16(19(29)24-17)26-20(30)12-2-1-11(7-13(12)21(26)31)9-25-6-5-14-15(10-25)23-18(28)8-22-14/h1-2,7,14-16,22H,3-6,8-10H2,(H,23,28)(H,24,27,29)/t14-,15+,16?/m0/s1. The minimum absolute atomic E-state index is 0.00159. The molecule has 0 radical (unpaired) electrons. The lowest BCUT2D eigenvalue weighted by Gasteiger charge is -2.41. The molecule has 4 aliphatic rings. The molecule has 0 spiro atoms. The summed E-state index contributed by atoms with van der Waals surface area (Å²) in [6, 6.07) is 4.53. The van der Waals surface area contributed by atoms with Crippen LogP contribution >= 0.6 is 0 Å². The third kappa shape index (κ3) is 3.51. The fraction of sp³-hybridized carbons (Fsp3) is 0.476. The molecule has 4 aliphatic heterocycles. The predicted octanol–water partition coefficient (Wildman–Crippen LogP) is -1.25. The Labute approximate surface area is 178 Å². The Kier molecular flexibility index (Phi) is 4.82. The van der Waals surface area contributed by atoms with E-state index in [0.29, 0.717) is 19.6 Å². The van der Waals surface area contributed by atoms with Crippen molar-refractivity contribution >= 4 is 29.5 Å². The van der Waals surface area contributed by atoms with Gasteiger partial charge in [0.2, 0.25) is 17.7 Å². The van der Waals surface area contributed by atoms with Gasteiger partial charge >= 0.3 is 0 Å². The molecule has 5 rings (SSSR count). The number of benzene rings is 1. The average Bonchev–Trinajstić information content (AvgIpc) is 2.98. The summed E-state index contributed by atoms with van der Waals surface area (Å²) in [5.41, 5.74) is 1.45. The number of hydrogen-bond donors (Lipinski definition) is 3. The van der Waals surface area contributed by atoms with Crippen LogP contribution in [0.4, 0.5) is 0 Å². The zero-order valence-corrected chi connectivity index (χ0v) is 16.8. The molecule has 0 bridgehead atoms. The smallest absolute Gasteiger partial charge is 0.262 e. The predicted molar refractivity (Wildman–Crippen MR) is 107 cm³/mol. The molecule has 5 amide bonds. The molecule has 0 aliphatic carbocycles.